The molecule has 1 aromatic heterocycles. The van der Waals surface area contributed by atoms with Crippen molar-refractivity contribution in [2.75, 3.05) is 5.32 Å². The van der Waals surface area contributed by atoms with Gasteiger partial charge in [-0.2, -0.15) is 0 Å². The summed E-state index contributed by atoms with van der Waals surface area (Å²) in [6.07, 6.45) is -0.623. The second-order valence-electron chi connectivity index (χ2n) is 5.77. The monoisotopic (exact) mass is 337 g/mol. The highest BCUT2D eigenvalue weighted by molar-refractivity contribution is 5.94. The molecular formula is C18H19N5O2. The lowest BCUT2D eigenvalue weighted by Gasteiger charge is -2.15. The standard InChI is InChI=1S/C18H19N5O2/c1-12-6-4-9-16(10-12)25-13(2)18(24)19-15-8-5-7-14(11-15)17-20-21-22-23(17)3/h4-11,13H,1-3H3,(H,19,24). The maximum absolute atomic E-state index is 12.4. The van der Waals surface area contributed by atoms with Gasteiger partial charge in [-0.1, -0.05) is 24.3 Å². The first kappa shape index (κ1) is 16.6. The lowest BCUT2D eigenvalue weighted by molar-refractivity contribution is -0.122. The fourth-order valence-electron chi connectivity index (χ4n) is 2.40. The molecular weight excluding hydrogens is 318 g/mol. The molecule has 0 bridgehead atoms. The van der Waals surface area contributed by atoms with E-state index in [4.69, 9.17) is 4.74 Å². The van der Waals surface area contributed by atoms with Crippen molar-refractivity contribution in [3.63, 3.8) is 0 Å². The van der Waals surface area contributed by atoms with Crippen LogP contribution in [0.4, 0.5) is 5.69 Å². The van der Waals surface area contributed by atoms with Crippen LogP contribution in [-0.2, 0) is 11.8 Å². The van der Waals surface area contributed by atoms with E-state index in [9.17, 15) is 4.79 Å². The third-order valence-electron chi connectivity index (χ3n) is 3.68. The number of hydrogen-bond donors (Lipinski definition) is 1. The molecule has 1 N–H and O–H groups in total. The summed E-state index contributed by atoms with van der Waals surface area (Å²) in [4.78, 5) is 12.4. The van der Waals surface area contributed by atoms with Gasteiger partial charge in [0.15, 0.2) is 11.9 Å². The molecule has 1 unspecified atom stereocenters. The molecule has 7 nitrogen and oxygen atoms in total. The topological polar surface area (TPSA) is 81.9 Å². The Hall–Kier alpha value is -3.22. The summed E-state index contributed by atoms with van der Waals surface area (Å²) in [5, 5.41) is 14.3. The third-order valence-corrected chi connectivity index (χ3v) is 3.68. The molecule has 0 aliphatic rings. The molecule has 1 atom stereocenters. The minimum absolute atomic E-state index is 0.227. The number of ether oxygens (including phenoxy) is 1. The van der Waals surface area contributed by atoms with Crippen molar-refractivity contribution in [3.05, 3.63) is 54.1 Å². The quantitative estimate of drug-likeness (QED) is 0.774. The molecule has 1 amide bonds. The molecule has 0 saturated carbocycles. The highest BCUT2D eigenvalue weighted by Gasteiger charge is 2.15. The van der Waals surface area contributed by atoms with Crippen LogP contribution >= 0.6 is 0 Å². The zero-order valence-electron chi connectivity index (χ0n) is 14.3. The van der Waals surface area contributed by atoms with Gasteiger partial charge in [0.25, 0.3) is 5.91 Å². The molecule has 25 heavy (non-hydrogen) atoms. The van der Waals surface area contributed by atoms with Gasteiger partial charge in [0.2, 0.25) is 0 Å². The minimum atomic E-state index is -0.623. The SMILES string of the molecule is Cc1cccc(OC(C)C(=O)Nc2cccc(-c3nnnn3C)c2)c1. The summed E-state index contributed by atoms with van der Waals surface area (Å²) in [5.41, 5.74) is 2.55. The summed E-state index contributed by atoms with van der Waals surface area (Å²) in [5.74, 6) is 1.07. The van der Waals surface area contributed by atoms with Gasteiger partial charge in [-0.3, -0.25) is 4.79 Å². The van der Waals surface area contributed by atoms with Crippen molar-refractivity contribution in [3.8, 4) is 17.1 Å². The van der Waals surface area contributed by atoms with E-state index in [1.54, 1.807) is 18.7 Å². The van der Waals surface area contributed by atoms with Crippen molar-refractivity contribution in [2.45, 2.75) is 20.0 Å². The number of rotatable bonds is 5. The Morgan fingerprint density at radius 3 is 2.72 bits per heavy atom. The Kier molecular flexibility index (Phi) is 4.74. The maximum atomic E-state index is 12.4. The smallest absolute Gasteiger partial charge is 0.265 e. The molecule has 2 aromatic carbocycles. The Morgan fingerprint density at radius 1 is 1.20 bits per heavy atom. The summed E-state index contributed by atoms with van der Waals surface area (Å²) in [6.45, 7) is 3.69. The number of carbonyl (C=O) groups is 1. The summed E-state index contributed by atoms with van der Waals surface area (Å²) >= 11 is 0. The number of carbonyl (C=O) groups excluding carboxylic acids is 1. The fraction of sp³-hybridized carbons (Fsp3) is 0.222. The van der Waals surface area contributed by atoms with Crippen molar-refractivity contribution >= 4 is 11.6 Å². The van der Waals surface area contributed by atoms with Crippen LogP contribution in [0, 0.1) is 6.92 Å². The predicted octanol–water partition coefficient (Wildman–Crippen LogP) is 2.59. The van der Waals surface area contributed by atoms with Gasteiger partial charge in [0, 0.05) is 18.3 Å². The molecule has 1 heterocycles. The number of anilines is 1. The van der Waals surface area contributed by atoms with E-state index in [1.807, 2.05) is 55.5 Å². The Balaban J connectivity index is 1.69. The van der Waals surface area contributed by atoms with Crippen molar-refractivity contribution < 1.29 is 9.53 Å². The average Bonchev–Trinajstić information content (AvgIpc) is 3.01. The van der Waals surface area contributed by atoms with E-state index in [1.165, 1.54) is 0 Å². The second kappa shape index (κ2) is 7.12. The summed E-state index contributed by atoms with van der Waals surface area (Å²) in [7, 11) is 1.76. The third kappa shape index (κ3) is 4.00. The predicted molar refractivity (Wildman–Crippen MR) is 94.1 cm³/mol. The van der Waals surface area contributed by atoms with Crippen LogP contribution in [0.2, 0.25) is 0 Å². The van der Waals surface area contributed by atoms with Gasteiger partial charge in [-0.05, 0) is 54.1 Å². The molecule has 0 fully saturated rings. The van der Waals surface area contributed by atoms with Crippen molar-refractivity contribution in [1.82, 2.24) is 20.2 Å². The zero-order valence-corrected chi connectivity index (χ0v) is 14.3. The first-order valence-corrected chi connectivity index (χ1v) is 7.90. The van der Waals surface area contributed by atoms with E-state index in [0.717, 1.165) is 11.1 Å². The summed E-state index contributed by atoms with van der Waals surface area (Å²) < 4.78 is 7.28. The zero-order chi connectivity index (χ0) is 17.8. The van der Waals surface area contributed by atoms with Crippen LogP contribution in [0.1, 0.15) is 12.5 Å². The summed E-state index contributed by atoms with van der Waals surface area (Å²) in [6, 6.07) is 15.0. The number of amides is 1. The molecule has 7 heteroatoms. The molecule has 0 saturated heterocycles. The van der Waals surface area contributed by atoms with Crippen LogP contribution < -0.4 is 10.1 Å². The number of hydrogen-bond acceptors (Lipinski definition) is 5. The molecule has 0 aliphatic carbocycles. The number of tetrazole rings is 1. The highest BCUT2D eigenvalue weighted by Crippen LogP contribution is 2.20. The van der Waals surface area contributed by atoms with Gasteiger partial charge in [0.05, 0.1) is 0 Å². The first-order valence-electron chi connectivity index (χ1n) is 7.90. The van der Waals surface area contributed by atoms with E-state index in [2.05, 4.69) is 20.8 Å². The number of nitrogens with one attached hydrogen (secondary N) is 1. The number of aryl methyl sites for hydroxylation is 2. The largest absolute Gasteiger partial charge is 0.481 e. The molecule has 3 aromatic rings. The average molecular weight is 337 g/mol. The molecule has 0 spiro atoms. The molecule has 128 valence electrons. The van der Waals surface area contributed by atoms with Gasteiger partial charge in [-0.25, -0.2) is 4.68 Å². The Labute approximate surface area is 145 Å². The van der Waals surface area contributed by atoms with Crippen LogP contribution in [-0.4, -0.2) is 32.2 Å². The van der Waals surface area contributed by atoms with Crippen LogP contribution in [0.15, 0.2) is 48.5 Å². The Morgan fingerprint density at radius 2 is 2.00 bits per heavy atom. The number of benzene rings is 2. The normalized spacial score (nSPS) is 11.8. The highest BCUT2D eigenvalue weighted by atomic mass is 16.5. The fourth-order valence-corrected chi connectivity index (χ4v) is 2.40. The Bertz CT molecular complexity index is 890. The minimum Gasteiger partial charge on any atom is -0.481 e. The number of nitrogens with zero attached hydrogens (tertiary/aromatic N) is 4. The second-order valence-corrected chi connectivity index (χ2v) is 5.77. The van der Waals surface area contributed by atoms with E-state index in [0.29, 0.717) is 17.3 Å². The number of aromatic nitrogens is 4. The van der Waals surface area contributed by atoms with Gasteiger partial charge >= 0.3 is 0 Å². The van der Waals surface area contributed by atoms with Crippen molar-refractivity contribution in [2.24, 2.45) is 7.05 Å². The van der Waals surface area contributed by atoms with Crippen molar-refractivity contribution in [1.29, 1.82) is 0 Å². The maximum Gasteiger partial charge on any atom is 0.265 e. The van der Waals surface area contributed by atoms with E-state index in [-0.39, 0.29) is 5.91 Å². The molecule has 0 radical (unpaired) electrons. The first-order chi connectivity index (χ1) is 12.0. The van der Waals surface area contributed by atoms with Crippen LogP contribution in [0.3, 0.4) is 0 Å². The lowest BCUT2D eigenvalue weighted by Crippen LogP contribution is -2.30. The van der Waals surface area contributed by atoms with Gasteiger partial charge < -0.3 is 10.1 Å². The molecule has 3 rings (SSSR count). The van der Waals surface area contributed by atoms with Gasteiger partial charge in [0.1, 0.15) is 5.75 Å². The van der Waals surface area contributed by atoms with Gasteiger partial charge in [-0.15, -0.1) is 5.10 Å². The van der Waals surface area contributed by atoms with Crippen LogP contribution in [0.5, 0.6) is 5.75 Å². The molecule has 0 aliphatic heterocycles. The van der Waals surface area contributed by atoms with E-state index < -0.39 is 6.10 Å². The van der Waals surface area contributed by atoms with E-state index >= 15 is 0 Å². The lowest BCUT2D eigenvalue weighted by atomic mass is 10.2. The van der Waals surface area contributed by atoms with Crippen LogP contribution in [0.25, 0.3) is 11.4 Å².